The molecule has 2 saturated heterocycles. The Hall–Kier alpha value is -3.01. The summed E-state index contributed by atoms with van der Waals surface area (Å²) in [4.78, 5) is 29.8. The summed E-state index contributed by atoms with van der Waals surface area (Å²) in [6.07, 6.45) is -1.10. The molecule has 4 heterocycles. The summed E-state index contributed by atoms with van der Waals surface area (Å²) in [5.41, 5.74) is 0.454. The summed E-state index contributed by atoms with van der Waals surface area (Å²) in [5, 5.41) is 2.94. The minimum atomic E-state index is -4.46. The molecule has 1 aromatic carbocycles. The van der Waals surface area contributed by atoms with Crippen LogP contribution < -0.4 is 10.2 Å². The summed E-state index contributed by atoms with van der Waals surface area (Å²) in [7, 11) is 0. The molecule has 3 aliphatic rings. The number of carbonyl (C=O) groups is 2. The van der Waals surface area contributed by atoms with E-state index in [4.69, 9.17) is 9.15 Å². The molecular formula is C24H26F3N3O4. The average Bonchev–Trinajstić information content (AvgIpc) is 3.55. The number of nitrogens with one attached hydrogen (secondary N) is 1. The molecule has 7 nitrogen and oxygen atoms in total. The van der Waals surface area contributed by atoms with Crippen molar-refractivity contribution >= 4 is 17.5 Å². The predicted octanol–water partition coefficient (Wildman–Crippen LogP) is 3.10. The quantitative estimate of drug-likeness (QED) is 0.733. The molecule has 0 saturated carbocycles. The Bertz CT molecular complexity index is 1050. The second-order valence-corrected chi connectivity index (χ2v) is 9.02. The van der Waals surface area contributed by atoms with Crippen molar-refractivity contribution in [1.82, 2.24) is 10.2 Å². The van der Waals surface area contributed by atoms with Crippen LogP contribution in [-0.2, 0) is 22.1 Å². The number of ether oxygens (including phenoxy) is 1. The Kier molecular flexibility index (Phi) is 6.01. The summed E-state index contributed by atoms with van der Waals surface area (Å²) >= 11 is 0. The van der Waals surface area contributed by atoms with E-state index in [-0.39, 0.29) is 42.7 Å². The first kappa shape index (κ1) is 22.8. The van der Waals surface area contributed by atoms with Crippen molar-refractivity contribution in [2.75, 3.05) is 37.7 Å². The number of alkyl halides is 3. The van der Waals surface area contributed by atoms with Crippen LogP contribution in [0.4, 0.5) is 18.9 Å². The second kappa shape index (κ2) is 8.98. The molecule has 2 amide bonds. The van der Waals surface area contributed by atoms with Gasteiger partial charge < -0.3 is 24.3 Å². The van der Waals surface area contributed by atoms with Gasteiger partial charge in [-0.1, -0.05) is 0 Å². The molecule has 3 aliphatic heterocycles. The lowest BCUT2D eigenvalue weighted by Gasteiger charge is -2.49. The van der Waals surface area contributed by atoms with Crippen molar-refractivity contribution in [3.8, 4) is 0 Å². The van der Waals surface area contributed by atoms with Crippen LogP contribution in [-0.4, -0.2) is 61.6 Å². The normalized spacial score (nSPS) is 24.5. The van der Waals surface area contributed by atoms with Gasteiger partial charge in [0.1, 0.15) is 0 Å². The molecule has 3 unspecified atom stereocenters. The Morgan fingerprint density at radius 1 is 1.18 bits per heavy atom. The molecule has 2 fully saturated rings. The highest BCUT2D eigenvalue weighted by molar-refractivity contribution is 5.92. The standard InChI is InChI=1S/C24H26F3N3O4/c25-24(26,27)16-5-6-19-15(11-16)12-18(22(31)28-13-17-3-1-9-33-17)20-14-29(7-8-30(19)20)23(32)21-4-2-10-34-21/h2,4-6,10-11,17-18,20H,1,3,7-9,12-14H2,(H,28,31). The van der Waals surface area contributed by atoms with Crippen LogP contribution in [0.3, 0.4) is 0 Å². The van der Waals surface area contributed by atoms with Crippen LogP contribution in [0.5, 0.6) is 0 Å². The molecule has 2 aromatic rings. The minimum absolute atomic E-state index is 0.0452. The van der Waals surface area contributed by atoms with E-state index in [2.05, 4.69) is 5.32 Å². The van der Waals surface area contributed by atoms with E-state index < -0.39 is 17.7 Å². The van der Waals surface area contributed by atoms with Gasteiger partial charge >= 0.3 is 6.18 Å². The second-order valence-electron chi connectivity index (χ2n) is 9.02. The summed E-state index contributed by atoms with van der Waals surface area (Å²) in [5.74, 6) is -0.884. The molecule has 182 valence electrons. The number of anilines is 1. The van der Waals surface area contributed by atoms with Crippen molar-refractivity contribution < 1.29 is 31.9 Å². The van der Waals surface area contributed by atoms with E-state index in [0.29, 0.717) is 37.5 Å². The predicted molar refractivity (Wildman–Crippen MR) is 116 cm³/mol. The van der Waals surface area contributed by atoms with Gasteiger partial charge in [0.25, 0.3) is 5.91 Å². The first-order valence-corrected chi connectivity index (χ1v) is 11.5. The van der Waals surface area contributed by atoms with Crippen molar-refractivity contribution in [2.45, 2.75) is 37.6 Å². The van der Waals surface area contributed by atoms with Crippen molar-refractivity contribution in [1.29, 1.82) is 0 Å². The van der Waals surface area contributed by atoms with Gasteiger partial charge in [0.05, 0.1) is 29.9 Å². The van der Waals surface area contributed by atoms with Gasteiger partial charge in [-0.3, -0.25) is 9.59 Å². The Morgan fingerprint density at radius 2 is 2.03 bits per heavy atom. The molecule has 34 heavy (non-hydrogen) atoms. The van der Waals surface area contributed by atoms with Crippen LogP contribution in [0.25, 0.3) is 0 Å². The Balaban J connectivity index is 1.41. The minimum Gasteiger partial charge on any atom is -0.459 e. The third-order valence-electron chi connectivity index (χ3n) is 6.92. The number of nitrogens with zero attached hydrogens (tertiary/aromatic N) is 2. The average molecular weight is 477 g/mol. The molecular weight excluding hydrogens is 451 g/mol. The third-order valence-corrected chi connectivity index (χ3v) is 6.92. The molecule has 5 rings (SSSR count). The van der Waals surface area contributed by atoms with E-state index >= 15 is 0 Å². The van der Waals surface area contributed by atoms with Gasteiger partial charge in [-0.2, -0.15) is 13.2 Å². The van der Waals surface area contributed by atoms with Gasteiger partial charge in [0.2, 0.25) is 5.91 Å². The van der Waals surface area contributed by atoms with E-state index in [1.165, 1.54) is 12.3 Å². The summed E-state index contributed by atoms with van der Waals surface area (Å²) in [6.45, 7) is 2.09. The van der Waals surface area contributed by atoms with Crippen LogP contribution in [0, 0.1) is 5.92 Å². The highest BCUT2D eigenvalue weighted by Gasteiger charge is 2.44. The molecule has 0 spiro atoms. The van der Waals surface area contributed by atoms with Crippen LogP contribution in [0.1, 0.15) is 34.5 Å². The number of fused-ring (bicyclic) bond motifs is 3. The Labute approximate surface area is 194 Å². The first-order chi connectivity index (χ1) is 16.3. The number of hydrogen-bond donors (Lipinski definition) is 1. The zero-order chi connectivity index (χ0) is 23.9. The number of carbonyl (C=O) groups excluding carboxylic acids is 2. The summed E-state index contributed by atoms with van der Waals surface area (Å²) < 4.78 is 50.9. The number of benzene rings is 1. The van der Waals surface area contributed by atoms with E-state index in [1.807, 2.05) is 4.90 Å². The van der Waals surface area contributed by atoms with Gasteiger partial charge in [-0.15, -0.1) is 0 Å². The number of halogens is 3. The smallest absolute Gasteiger partial charge is 0.416 e. The fourth-order valence-electron chi connectivity index (χ4n) is 5.19. The van der Waals surface area contributed by atoms with E-state index in [1.54, 1.807) is 17.0 Å². The topological polar surface area (TPSA) is 75.0 Å². The SMILES string of the molecule is O=C(NCC1CCCO1)C1Cc2cc(C(F)(F)F)ccc2N2CCN(C(=O)c3ccco3)CC12. The number of amides is 2. The van der Waals surface area contributed by atoms with Gasteiger partial charge in [-0.05, 0) is 55.2 Å². The highest BCUT2D eigenvalue weighted by atomic mass is 19.4. The van der Waals surface area contributed by atoms with E-state index in [0.717, 1.165) is 25.0 Å². The zero-order valence-electron chi connectivity index (χ0n) is 18.5. The number of furan rings is 1. The molecule has 1 N–H and O–H groups in total. The summed E-state index contributed by atoms with van der Waals surface area (Å²) in [6, 6.07) is 6.58. The molecule has 0 aliphatic carbocycles. The van der Waals surface area contributed by atoms with E-state index in [9.17, 15) is 22.8 Å². The lowest BCUT2D eigenvalue weighted by Crippen LogP contribution is -2.62. The maximum atomic E-state index is 13.4. The number of rotatable bonds is 4. The highest BCUT2D eigenvalue weighted by Crippen LogP contribution is 2.40. The maximum Gasteiger partial charge on any atom is 0.416 e. The lowest BCUT2D eigenvalue weighted by atomic mass is 9.82. The zero-order valence-corrected chi connectivity index (χ0v) is 18.5. The van der Waals surface area contributed by atoms with Crippen molar-refractivity contribution in [3.63, 3.8) is 0 Å². The largest absolute Gasteiger partial charge is 0.459 e. The third kappa shape index (κ3) is 4.38. The molecule has 1 aromatic heterocycles. The van der Waals surface area contributed by atoms with Crippen LogP contribution in [0.15, 0.2) is 41.0 Å². The van der Waals surface area contributed by atoms with Crippen LogP contribution >= 0.6 is 0 Å². The Morgan fingerprint density at radius 3 is 2.74 bits per heavy atom. The molecule has 0 bridgehead atoms. The van der Waals surface area contributed by atoms with Crippen molar-refractivity contribution in [2.24, 2.45) is 5.92 Å². The number of hydrogen-bond acceptors (Lipinski definition) is 5. The fraction of sp³-hybridized carbons (Fsp3) is 0.500. The first-order valence-electron chi connectivity index (χ1n) is 11.5. The molecule has 0 radical (unpaired) electrons. The molecule has 10 heteroatoms. The molecule has 3 atom stereocenters. The van der Waals surface area contributed by atoms with Gasteiger partial charge in [0.15, 0.2) is 5.76 Å². The lowest BCUT2D eigenvalue weighted by molar-refractivity contribution is -0.137. The van der Waals surface area contributed by atoms with Crippen LogP contribution in [0.2, 0.25) is 0 Å². The maximum absolute atomic E-state index is 13.4. The van der Waals surface area contributed by atoms with Gasteiger partial charge in [-0.25, -0.2) is 0 Å². The van der Waals surface area contributed by atoms with Crippen molar-refractivity contribution in [3.05, 3.63) is 53.5 Å². The fourth-order valence-corrected chi connectivity index (χ4v) is 5.19. The van der Waals surface area contributed by atoms with Gasteiger partial charge in [0, 0.05) is 38.5 Å². The monoisotopic (exact) mass is 477 g/mol. The number of piperazine rings is 1.